The first kappa shape index (κ1) is 20.1. The Morgan fingerprint density at radius 2 is 1.60 bits per heavy atom. The number of carbonyl (C=O) groups is 3. The molecular weight excluding hydrogens is 382 g/mol. The minimum atomic E-state index is -0.430. The van der Waals surface area contributed by atoms with Crippen LogP contribution in [-0.2, 0) is 14.3 Å². The number of hydrogen-bond donors (Lipinski definition) is 0. The molecule has 156 valence electrons. The lowest BCUT2D eigenvalue weighted by Gasteiger charge is -2.38. The van der Waals surface area contributed by atoms with Gasteiger partial charge in [0.05, 0.1) is 30.3 Å². The van der Waals surface area contributed by atoms with Gasteiger partial charge < -0.3 is 9.64 Å². The SMILES string of the molecule is CCOC(=O)c1ccc(N2C(=O)C[C@H](N3CCN(c4ccccc4)CC3)C2=O)cc1. The third-order valence-corrected chi connectivity index (χ3v) is 5.64. The number of hydrogen-bond acceptors (Lipinski definition) is 6. The van der Waals surface area contributed by atoms with Gasteiger partial charge in [-0.05, 0) is 43.3 Å². The van der Waals surface area contributed by atoms with Crippen LogP contribution in [0, 0.1) is 0 Å². The predicted molar refractivity (Wildman–Crippen MR) is 114 cm³/mol. The monoisotopic (exact) mass is 407 g/mol. The summed E-state index contributed by atoms with van der Waals surface area (Å²) in [7, 11) is 0. The molecule has 4 rings (SSSR count). The highest BCUT2D eigenvalue weighted by Gasteiger charge is 2.43. The van der Waals surface area contributed by atoms with Gasteiger partial charge in [-0.2, -0.15) is 0 Å². The lowest BCUT2D eigenvalue weighted by atomic mass is 10.1. The molecule has 2 fully saturated rings. The Balaban J connectivity index is 1.41. The number of carbonyl (C=O) groups excluding carboxylic acids is 3. The van der Waals surface area contributed by atoms with Crippen molar-refractivity contribution >= 4 is 29.2 Å². The first-order valence-electron chi connectivity index (χ1n) is 10.3. The minimum Gasteiger partial charge on any atom is -0.462 e. The first-order chi connectivity index (χ1) is 14.6. The molecule has 2 heterocycles. The Morgan fingerprint density at radius 1 is 0.933 bits per heavy atom. The summed E-state index contributed by atoms with van der Waals surface area (Å²) in [6.45, 7) is 5.13. The van der Waals surface area contributed by atoms with Crippen LogP contribution in [0.3, 0.4) is 0 Å². The first-order valence-corrected chi connectivity index (χ1v) is 10.3. The highest BCUT2D eigenvalue weighted by Crippen LogP contribution is 2.27. The largest absolute Gasteiger partial charge is 0.462 e. The number of rotatable bonds is 5. The average molecular weight is 407 g/mol. The summed E-state index contributed by atoms with van der Waals surface area (Å²) in [5.41, 5.74) is 2.06. The molecule has 30 heavy (non-hydrogen) atoms. The Labute approximate surface area is 175 Å². The van der Waals surface area contributed by atoms with E-state index in [1.807, 2.05) is 18.2 Å². The van der Waals surface area contributed by atoms with Crippen LogP contribution >= 0.6 is 0 Å². The number of esters is 1. The standard InChI is InChI=1S/C23H25N3O4/c1-2-30-23(29)17-8-10-19(11-9-17)26-21(27)16-20(22(26)28)25-14-12-24(13-15-25)18-6-4-3-5-7-18/h3-11,20H,2,12-16H2,1H3/t20-/m0/s1. The molecule has 2 aliphatic rings. The van der Waals surface area contributed by atoms with Crippen molar-refractivity contribution in [3.05, 3.63) is 60.2 Å². The maximum Gasteiger partial charge on any atom is 0.338 e. The van der Waals surface area contributed by atoms with Crippen molar-refractivity contribution in [1.82, 2.24) is 4.90 Å². The Bertz CT molecular complexity index is 921. The molecule has 0 spiro atoms. The van der Waals surface area contributed by atoms with E-state index in [2.05, 4.69) is 21.9 Å². The second-order valence-electron chi connectivity index (χ2n) is 7.41. The fraction of sp³-hybridized carbons (Fsp3) is 0.348. The zero-order valence-electron chi connectivity index (χ0n) is 17.0. The fourth-order valence-corrected chi connectivity index (χ4v) is 4.06. The zero-order valence-corrected chi connectivity index (χ0v) is 17.0. The van der Waals surface area contributed by atoms with Gasteiger partial charge in [0.15, 0.2) is 0 Å². The summed E-state index contributed by atoms with van der Waals surface area (Å²) in [6, 6.07) is 16.2. The number of nitrogens with zero attached hydrogens (tertiary/aromatic N) is 3. The number of amides is 2. The zero-order chi connectivity index (χ0) is 21.1. The summed E-state index contributed by atoms with van der Waals surface area (Å²) in [4.78, 5) is 43.1. The number of imide groups is 1. The highest BCUT2D eigenvalue weighted by molar-refractivity contribution is 6.22. The van der Waals surface area contributed by atoms with E-state index >= 15 is 0 Å². The molecule has 2 aliphatic heterocycles. The van der Waals surface area contributed by atoms with Crippen LogP contribution in [0.2, 0.25) is 0 Å². The normalized spacial score (nSPS) is 20.0. The number of benzene rings is 2. The lowest BCUT2D eigenvalue weighted by Crippen LogP contribution is -2.52. The van der Waals surface area contributed by atoms with Crippen LogP contribution in [0.25, 0.3) is 0 Å². The quantitative estimate of drug-likeness (QED) is 0.560. The third-order valence-electron chi connectivity index (χ3n) is 5.64. The molecular formula is C23H25N3O4. The average Bonchev–Trinajstić information content (AvgIpc) is 3.08. The molecule has 0 aliphatic carbocycles. The van der Waals surface area contributed by atoms with E-state index in [-0.39, 0.29) is 18.2 Å². The molecule has 0 radical (unpaired) electrons. The van der Waals surface area contributed by atoms with Gasteiger partial charge in [0, 0.05) is 31.9 Å². The molecule has 0 aromatic heterocycles. The second-order valence-corrected chi connectivity index (χ2v) is 7.41. The summed E-state index contributed by atoms with van der Waals surface area (Å²) in [5, 5.41) is 0. The van der Waals surface area contributed by atoms with Gasteiger partial charge in [0.1, 0.15) is 0 Å². The summed E-state index contributed by atoms with van der Waals surface area (Å²) < 4.78 is 4.98. The lowest BCUT2D eigenvalue weighted by molar-refractivity contribution is -0.123. The van der Waals surface area contributed by atoms with Crippen molar-refractivity contribution in [3.8, 4) is 0 Å². The van der Waals surface area contributed by atoms with Crippen LogP contribution < -0.4 is 9.80 Å². The molecule has 1 atom stereocenters. The van der Waals surface area contributed by atoms with Gasteiger partial charge in [-0.15, -0.1) is 0 Å². The van der Waals surface area contributed by atoms with Crippen LogP contribution in [0.15, 0.2) is 54.6 Å². The predicted octanol–water partition coefficient (Wildman–Crippen LogP) is 2.32. The molecule has 0 bridgehead atoms. The van der Waals surface area contributed by atoms with E-state index < -0.39 is 12.0 Å². The topological polar surface area (TPSA) is 70.2 Å². The summed E-state index contributed by atoms with van der Waals surface area (Å²) >= 11 is 0. The summed E-state index contributed by atoms with van der Waals surface area (Å²) in [5.74, 6) is -0.825. The van der Waals surface area contributed by atoms with Crippen molar-refractivity contribution in [2.24, 2.45) is 0 Å². The number of piperazine rings is 1. The molecule has 0 unspecified atom stereocenters. The molecule has 7 heteroatoms. The fourth-order valence-electron chi connectivity index (χ4n) is 4.06. The van der Waals surface area contributed by atoms with E-state index in [0.29, 0.717) is 17.9 Å². The number of anilines is 2. The Kier molecular flexibility index (Phi) is 5.81. The van der Waals surface area contributed by atoms with Crippen LogP contribution in [0.5, 0.6) is 0 Å². The Morgan fingerprint density at radius 3 is 2.23 bits per heavy atom. The van der Waals surface area contributed by atoms with E-state index in [4.69, 9.17) is 4.74 Å². The van der Waals surface area contributed by atoms with Crippen molar-refractivity contribution in [3.63, 3.8) is 0 Å². The van der Waals surface area contributed by atoms with Crippen LogP contribution in [0.4, 0.5) is 11.4 Å². The molecule has 0 saturated carbocycles. The minimum absolute atomic E-state index is 0.184. The van der Waals surface area contributed by atoms with Crippen molar-refractivity contribution in [2.75, 3.05) is 42.6 Å². The molecule has 2 aromatic carbocycles. The maximum atomic E-state index is 13.0. The van der Waals surface area contributed by atoms with Gasteiger partial charge in [-0.25, -0.2) is 9.69 Å². The van der Waals surface area contributed by atoms with Gasteiger partial charge >= 0.3 is 5.97 Å². The Hall–Kier alpha value is -3.19. The van der Waals surface area contributed by atoms with E-state index in [0.717, 1.165) is 26.2 Å². The molecule has 2 aromatic rings. The third kappa shape index (κ3) is 3.93. The number of para-hydroxylation sites is 1. The molecule has 0 N–H and O–H groups in total. The van der Waals surface area contributed by atoms with Crippen molar-refractivity contribution < 1.29 is 19.1 Å². The van der Waals surface area contributed by atoms with Gasteiger partial charge in [-0.3, -0.25) is 14.5 Å². The van der Waals surface area contributed by atoms with Gasteiger partial charge in [0.2, 0.25) is 5.91 Å². The van der Waals surface area contributed by atoms with Crippen LogP contribution in [0.1, 0.15) is 23.7 Å². The smallest absolute Gasteiger partial charge is 0.338 e. The second kappa shape index (κ2) is 8.67. The van der Waals surface area contributed by atoms with Crippen molar-refractivity contribution in [1.29, 1.82) is 0 Å². The number of ether oxygens (including phenoxy) is 1. The maximum absolute atomic E-state index is 13.0. The summed E-state index contributed by atoms with van der Waals surface area (Å²) in [6.07, 6.45) is 0.184. The van der Waals surface area contributed by atoms with Gasteiger partial charge in [-0.1, -0.05) is 18.2 Å². The van der Waals surface area contributed by atoms with Crippen LogP contribution in [-0.4, -0.2) is 61.5 Å². The van der Waals surface area contributed by atoms with E-state index in [9.17, 15) is 14.4 Å². The molecule has 2 amide bonds. The van der Waals surface area contributed by atoms with Crippen molar-refractivity contribution in [2.45, 2.75) is 19.4 Å². The van der Waals surface area contributed by atoms with Gasteiger partial charge in [0.25, 0.3) is 5.91 Å². The molecule has 7 nitrogen and oxygen atoms in total. The van der Waals surface area contributed by atoms with E-state index in [1.165, 1.54) is 10.6 Å². The molecule has 2 saturated heterocycles. The van der Waals surface area contributed by atoms with E-state index in [1.54, 1.807) is 31.2 Å². The highest BCUT2D eigenvalue weighted by atomic mass is 16.5.